The Hall–Kier alpha value is -2.70. The molecule has 0 N–H and O–H groups in total. The van der Waals surface area contributed by atoms with Gasteiger partial charge in [-0.2, -0.15) is 4.98 Å². The van der Waals surface area contributed by atoms with E-state index in [1.165, 1.54) is 6.20 Å². The molecule has 2 aromatic rings. The van der Waals surface area contributed by atoms with Crippen LogP contribution in [0, 0.1) is 6.92 Å². The van der Waals surface area contributed by atoms with Gasteiger partial charge in [0, 0.05) is 38.4 Å². The highest BCUT2D eigenvalue weighted by molar-refractivity contribution is 5.92. The summed E-state index contributed by atoms with van der Waals surface area (Å²) in [6.07, 6.45) is 3.16. The fourth-order valence-electron chi connectivity index (χ4n) is 2.61. The molecule has 24 heavy (non-hydrogen) atoms. The number of piperazine rings is 1. The summed E-state index contributed by atoms with van der Waals surface area (Å²) in [5.41, 5.74) is 1.20. The molecule has 0 aromatic carbocycles. The zero-order valence-electron chi connectivity index (χ0n) is 14.0. The van der Waals surface area contributed by atoms with Gasteiger partial charge in [0.05, 0.1) is 18.5 Å². The first-order valence-electron chi connectivity index (χ1n) is 8.10. The van der Waals surface area contributed by atoms with Crippen molar-refractivity contribution < 1.29 is 9.53 Å². The summed E-state index contributed by atoms with van der Waals surface area (Å²) in [5.74, 6) is 1.43. The van der Waals surface area contributed by atoms with Crippen molar-refractivity contribution in [3.8, 4) is 5.88 Å². The average molecular weight is 327 g/mol. The maximum Gasteiger partial charge on any atom is 0.274 e. The third-order valence-corrected chi connectivity index (χ3v) is 3.89. The normalized spacial score (nSPS) is 14.6. The molecule has 0 saturated carbocycles. The summed E-state index contributed by atoms with van der Waals surface area (Å²) < 4.78 is 5.45. The molecule has 1 aliphatic heterocycles. The molecule has 3 heterocycles. The first kappa shape index (κ1) is 16.2. The highest BCUT2D eigenvalue weighted by Gasteiger charge is 2.23. The molecule has 0 aliphatic carbocycles. The van der Waals surface area contributed by atoms with Gasteiger partial charge in [0.25, 0.3) is 5.91 Å². The largest absolute Gasteiger partial charge is 0.478 e. The molecule has 0 unspecified atom stereocenters. The number of ether oxygens (including phenoxy) is 1. The molecular weight excluding hydrogens is 306 g/mol. The van der Waals surface area contributed by atoms with Crippen molar-refractivity contribution in [2.45, 2.75) is 13.8 Å². The SMILES string of the molecule is CCOc1cccc(N2CCN(C(=O)c3cnc(C)cn3)CC2)n1. The first-order valence-corrected chi connectivity index (χ1v) is 8.10. The number of hydrogen-bond acceptors (Lipinski definition) is 6. The third-order valence-electron chi connectivity index (χ3n) is 3.89. The monoisotopic (exact) mass is 327 g/mol. The molecule has 1 aliphatic rings. The van der Waals surface area contributed by atoms with Gasteiger partial charge in [-0.25, -0.2) is 4.98 Å². The number of carbonyl (C=O) groups excluding carboxylic acids is 1. The molecule has 126 valence electrons. The Bertz CT molecular complexity index is 696. The van der Waals surface area contributed by atoms with E-state index in [0.717, 1.165) is 24.6 Å². The zero-order valence-corrected chi connectivity index (χ0v) is 14.0. The van der Waals surface area contributed by atoms with E-state index in [2.05, 4.69) is 19.9 Å². The van der Waals surface area contributed by atoms with Gasteiger partial charge in [0.15, 0.2) is 0 Å². The molecule has 0 radical (unpaired) electrons. The van der Waals surface area contributed by atoms with Crippen molar-refractivity contribution in [2.75, 3.05) is 37.7 Å². The summed E-state index contributed by atoms with van der Waals surface area (Å²) in [4.78, 5) is 29.2. The minimum Gasteiger partial charge on any atom is -0.478 e. The van der Waals surface area contributed by atoms with Crippen molar-refractivity contribution in [1.29, 1.82) is 0 Å². The Labute approximate surface area is 141 Å². The van der Waals surface area contributed by atoms with Gasteiger partial charge >= 0.3 is 0 Å². The number of pyridine rings is 1. The lowest BCUT2D eigenvalue weighted by molar-refractivity contribution is 0.0740. The number of aryl methyl sites for hydroxylation is 1. The lowest BCUT2D eigenvalue weighted by Gasteiger charge is -2.35. The summed E-state index contributed by atoms with van der Waals surface area (Å²) >= 11 is 0. The van der Waals surface area contributed by atoms with E-state index in [0.29, 0.717) is 31.3 Å². The maximum atomic E-state index is 12.5. The predicted octanol–water partition coefficient (Wildman–Crippen LogP) is 1.54. The molecule has 7 nitrogen and oxygen atoms in total. The fourth-order valence-corrected chi connectivity index (χ4v) is 2.61. The molecule has 1 fully saturated rings. The highest BCUT2D eigenvalue weighted by atomic mass is 16.5. The minimum absolute atomic E-state index is 0.0711. The van der Waals surface area contributed by atoms with Crippen molar-refractivity contribution in [2.24, 2.45) is 0 Å². The number of carbonyl (C=O) groups is 1. The van der Waals surface area contributed by atoms with Crippen molar-refractivity contribution in [3.63, 3.8) is 0 Å². The van der Waals surface area contributed by atoms with Crippen LogP contribution in [0.4, 0.5) is 5.82 Å². The van der Waals surface area contributed by atoms with Crippen LogP contribution in [0.25, 0.3) is 0 Å². The molecule has 7 heteroatoms. The molecular formula is C17H21N5O2. The van der Waals surface area contributed by atoms with E-state index < -0.39 is 0 Å². The third kappa shape index (κ3) is 3.61. The van der Waals surface area contributed by atoms with Crippen molar-refractivity contribution >= 4 is 11.7 Å². The second kappa shape index (κ2) is 7.25. The average Bonchev–Trinajstić information content (AvgIpc) is 2.62. The molecule has 3 rings (SSSR count). The highest BCUT2D eigenvalue weighted by Crippen LogP contribution is 2.18. The Kier molecular flexibility index (Phi) is 4.88. The van der Waals surface area contributed by atoms with Gasteiger partial charge in [-0.05, 0) is 19.9 Å². The Morgan fingerprint density at radius 3 is 2.62 bits per heavy atom. The Morgan fingerprint density at radius 2 is 1.96 bits per heavy atom. The van der Waals surface area contributed by atoms with Gasteiger partial charge in [0.2, 0.25) is 5.88 Å². The van der Waals surface area contributed by atoms with Gasteiger partial charge in [-0.3, -0.25) is 9.78 Å². The molecule has 1 amide bonds. The van der Waals surface area contributed by atoms with Crippen molar-refractivity contribution in [1.82, 2.24) is 19.9 Å². The van der Waals surface area contributed by atoms with Gasteiger partial charge in [-0.15, -0.1) is 0 Å². The topological polar surface area (TPSA) is 71.5 Å². The number of hydrogen-bond donors (Lipinski definition) is 0. The van der Waals surface area contributed by atoms with E-state index >= 15 is 0 Å². The molecule has 2 aromatic heterocycles. The van der Waals surface area contributed by atoms with Crippen LogP contribution in [-0.4, -0.2) is 58.5 Å². The van der Waals surface area contributed by atoms with Crippen LogP contribution < -0.4 is 9.64 Å². The van der Waals surface area contributed by atoms with Crippen LogP contribution in [0.5, 0.6) is 5.88 Å². The number of nitrogens with zero attached hydrogens (tertiary/aromatic N) is 5. The standard InChI is InChI=1S/C17H21N5O2/c1-3-24-16-6-4-5-15(20-16)21-7-9-22(10-8-21)17(23)14-12-18-13(2)11-19-14/h4-6,11-12H,3,7-10H2,1-2H3. The lowest BCUT2D eigenvalue weighted by atomic mass is 10.2. The van der Waals surface area contributed by atoms with Crippen LogP contribution in [0.3, 0.4) is 0 Å². The first-order chi connectivity index (χ1) is 11.7. The second-order valence-corrected chi connectivity index (χ2v) is 5.59. The number of amides is 1. The lowest BCUT2D eigenvalue weighted by Crippen LogP contribution is -2.49. The van der Waals surface area contributed by atoms with E-state index in [-0.39, 0.29) is 5.91 Å². The van der Waals surface area contributed by atoms with Crippen LogP contribution >= 0.6 is 0 Å². The van der Waals surface area contributed by atoms with Gasteiger partial charge in [0.1, 0.15) is 11.5 Å². The number of aromatic nitrogens is 3. The van der Waals surface area contributed by atoms with Crippen LogP contribution in [0.1, 0.15) is 23.1 Å². The fraction of sp³-hybridized carbons (Fsp3) is 0.412. The van der Waals surface area contributed by atoms with E-state index in [1.54, 1.807) is 6.20 Å². The second-order valence-electron chi connectivity index (χ2n) is 5.59. The van der Waals surface area contributed by atoms with Crippen LogP contribution in [-0.2, 0) is 0 Å². The Balaban J connectivity index is 1.62. The van der Waals surface area contributed by atoms with E-state index in [1.807, 2.05) is 36.9 Å². The number of rotatable bonds is 4. The summed E-state index contributed by atoms with van der Waals surface area (Å²) in [7, 11) is 0. The Morgan fingerprint density at radius 1 is 1.17 bits per heavy atom. The minimum atomic E-state index is -0.0711. The summed E-state index contributed by atoms with van der Waals surface area (Å²) in [6.45, 7) is 7.11. The summed E-state index contributed by atoms with van der Waals surface area (Å²) in [5, 5.41) is 0. The van der Waals surface area contributed by atoms with Gasteiger partial charge in [-0.1, -0.05) is 6.07 Å². The number of anilines is 1. The molecule has 0 atom stereocenters. The van der Waals surface area contributed by atoms with Crippen LogP contribution in [0.2, 0.25) is 0 Å². The predicted molar refractivity (Wildman–Crippen MR) is 90.3 cm³/mol. The molecule has 0 bridgehead atoms. The van der Waals surface area contributed by atoms with E-state index in [9.17, 15) is 4.79 Å². The summed E-state index contributed by atoms with van der Waals surface area (Å²) in [6, 6.07) is 5.75. The van der Waals surface area contributed by atoms with Crippen molar-refractivity contribution in [3.05, 3.63) is 42.0 Å². The molecule has 1 saturated heterocycles. The quantitative estimate of drug-likeness (QED) is 0.848. The van der Waals surface area contributed by atoms with Gasteiger partial charge < -0.3 is 14.5 Å². The smallest absolute Gasteiger partial charge is 0.274 e. The molecule has 0 spiro atoms. The van der Waals surface area contributed by atoms with E-state index in [4.69, 9.17) is 4.74 Å². The van der Waals surface area contributed by atoms with Crippen LogP contribution in [0.15, 0.2) is 30.6 Å². The zero-order chi connectivity index (χ0) is 16.9. The maximum absolute atomic E-state index is 12.5.